The van der Waals surface area contributed by atoms with Crippen molar-refractivity contribution in [2.24, 2.45) is 0 Å². The maximum atomic E-state index is 9.16. The molecule has 0 unspecified atom stereocenters. The lowest BCUT2D eigenvalue weighted by molar-refractivity contribution is 0.281. The molecule has 1 rings (SSSR count). The first-order chi connectivity index (χ1) is 6.69. The molecule has 0 aliphatic rings. The van der Waals surface area contributed by atoms with Crippen LogP contribution < -0.4 is 4.90 Å². The van der Waals surface area contributed by atoms with Gasteiger partial charge in [0.1, 0.15) is 0 Å². The van der Waals surface area contributed by atoms with E-state index >= 15 is 0 Å². The molecule has 0 spiro atoms. The zero-order chi connectivity index (χ0) is 10.6. The zero-order valence-corrected chi connectivity index (χ0v) is 9.12. The normalized spacial score (nSPS) is 10.3. The summed E-state index contributed by atoms with van der Waals surface area (Å²) < 4.78 is 0. The third-order valence-corrected chi connectivity index (χ3v) is 2.24. The number of aryl methyl sites for hydroxylation is 1. The quantitative estimate of drug-likeness (QED) is 0.793. The molecular weight excluding hydrogens is 176 g/mol. The van der Waals surface area contributed by atoms with Crippen molar-refractivity contribution in [3.8, 4) is 0 Å². The van der Waals surface area contributed by atoms with Gasteiger partial charge in [-0.1, -0.05) is 6.92 Å². The molecule has 0 atom stereocenters. The molecule has 0 bridgehead atoms. The average molecular weight is 194 g/mol. The summed E-state index contributed by atoms with van der Waals surface area (Å²) in [6.45, 7) is 5.15. The summed E-state index contributed by atoms with van der Waals surface area (Å²) in [6.07, 6.45) is 2.85. The molecule has 3 nitrogen and oxygen atoms in total. The first-order valence-electron chi connectivity index (χ1n) is 4.96. The second kappa shape index (κ2) is 4.96. The van der Waals surface area contributed by atoms with Gasteiger partial charge in [-0.05, 0) is 19.4 Å². The second-order valence-electron chi connectivity index (χ2n) is 3.53. The molecule has 1 heterocycles. The van der Waals surface area contributed by atoms with Crippen LogP contribution in [0.25, 0.3) is 0 Å². The summed E-state index contributed by atoms with van der Waals surface area (Å²) in [7, 11) is 2.04. The number of aromatic nitrogens is 1. The number of aliphatic hydroxyl groups is 1. The molecule has 78 valence electrons. The standard InChI is InChI=1S/C11H18N2O/c1-4-5-13(3)11-6-9(2)12-7-10(11)8-14/h6-7,14H,4-5,8H2,1-3H3. The SMILES string of the molecule is CCCN(C)c1cc(C)ncc1CO. The van der Waals surface area contributed by atoms with Crippen molar-refractivity contribution in [2.75, 3.05) is 18.5 Å². The summed E-state index contributed by atoms with van der Waals surface area (Å²) in [6, 6.07) is 2.02. The van der Waals surface area contributed by atoms with Crippen molar-refractivity contribution >= 4 is 5.69 Å². The van der Waals surface area contributed by atoms with Gasteiger partial charge in [0.2, 0.25) is 0 Å². The van der Waals surface area contributed by atoms with Crippen LogP contribution in [0.4, 0.5) is 5.69 Å². The molecule has 0 fully saturated rings. The van der Waals surface area contributed by atoms with E-state index in [1.165, 1.54) is 0 Å². The summed E-state index contributed by atoms with van der Waals surface area (Å²) in [5, 5.41) is 9.16. The molecule has 0 saturated carbocycles. The smallest absolute Gasteiger partial charge is 0.0717 e. The van der Waals surface area contributed by atoms with Gasteiger partial charge in [-0.15, -0.1) is 0 Å². The van der Waals surface area contributed by atoms with Gasteiger partial charge in [0.05, 0.1) is 6.61 Å². The Morgan fingerprint density at radius 2 is 2.21 bits per heavy atom. The van der Waals surface area contributed by atoms with Gasteiger partial charge in [0.15, 0.2) is 0 Å². The molecule has 1 aromatic rings. The van der Waals surface area contributed by atoms with Crippen molar-refractivity contribution in [3.05, 3.63) is 23.5 Å². The average Bonchev–Trinajstić information content (AvgIpc) is 2.18. The van der Waals surface area contributed by atoms with Crippen molar-refractivity contribution in [3.63, 3.8) is 0 Å². The molecular formula is C11H18N2O. The fourth-order valence-electron chi connectivity index (χ4n) is 1.51. The number of nitrogens with zero attached hydrogens (tertiary/aromatic N) is 2. The third kappa shape index (κ3) is 2.45. The van der Waals surface area contributed by atoms with Crippen LogP contribution >= 0.6 is 0 Å². The van der Waals surface area contributed by atoms with Gasteiger partial charge < -0.3 is 10.0 Å². The topological polar surface area (TPSA) is 36.4 Å². The predicted molar refractivity (Wildman–Crippen MR) is 58.5 cm³/mol. The van der Waals surface area contributed by atoms with E-state index in [2.05, 4.69) is 16.8 Å². The molecule has 1 aromatic heterocycles. The summed E-state index contributed by atoms with van der Waals surface area (Å²) >= 11 is 0. The van der Waals surface area contributed by atoms with Crippen LogP contribution in [-0.4, -0.2) is 23.7 Å². The minimum absolute atomic E-state index is 0.0522. The first kappa shape index (κ1) is 11.0. The monoisotopic (exact) mass is 194 g/mol. The Kier molecular flexibility index (Phi) is 3.89. The number of hydrogen-bond acceptors (Lipinski definition) is 3. The van der Waals surface area contributed by atoms with E-state index in [0.717, 1.165) is 29.9 Å². The molecule has 0 aliphatic carbocycles. The highest BCUT2D eigenvalue weighted by molar-refractivity contribution is 5.52. The van der Waals surface area contributed by atoms with Crippen molar-refractivity contribution < 1.29 is 5.11 Å². The van der Waals surface area contributed by atoms with Crippen LogP contribution in [0.15, 0.2) is 12.3 Å². The van der Waals surface area contributed by atoms with Crippen molar-refractivity contribution in [2.45, 2.75) is 26.9 Å². The van der Waals surface area contributed by atoms with E-state index in [0.29, 0.717) is 0 Å². The highest BCUT2D eigenvalue weighted by Crippen LogP contribution is 2.19. The Bertz CT molecular complexity index is 299. The fourth-order valence-corrected chi connectivity index (χ4v) is 1.51. The highest BCUT2D eigenvalue weighted by atomic mass is 16.3. The van der Waals surface area contributed by atoms with Gasteiger partial charge in [-0.3, -0.25) is 4.98 Å². The van der Waals surface area contributed by atoms with Crippen LogP contribution in [0.3, 0.4) is 0 Å². The number of aliphatic hydroxyl groups excluding tert-OH is 1. The molecule has 1 N–H and O–H groups in total. The molecule has 3 heteroatoms. The highest BCUT2D eigenvalue weighted by Gasteiger charge is 2.06. The Balaban J connectivity index is 2.97. The molecule has 14 heavy (non-hydrogen) atoms. The largest absolute Gasteiger partial charge is 0.392 e. The number of rotatable bonds is 4. The summed E-state index contributed by atoms with van der Waals surface area (Å²) in [4.78, 5) is 6.32. The molecule has 0 saturated heterocycles. The predicted octanol–water partition coefficient (Wildman–Crippen LogP) is 1.73. The number of pyridine rings is 1. The van der Waals surface area contributed by atoms with E-state index in [9.17, 15) is 0 Å². The van der Waals surface area contributed by atoms with Gasteiger partial charge in [0.25, 0.3) is 0 Å². The van der Waals surface area contributed by atoms with Crippen LogP contribution in [0.2, 0.25) is 0 Å². The van der Waals surface area contributed by atoms with E-state index < -0.39 is 0 Å². The third-order valence-electron chi connectivity index (χ3n) is 2.24. The van der Waals surface area contributed by atoms with Gasteiger partial charge in [-0.2, -0.15) is 0 Å². The molecule has 0 aromatic carbocycles. The van der Waals surface area contributed by atoms with Crippen LogP contribution in [-0.2, 0) is 6.61 Å². The van der Waals surface area contributed by atoms with Crippen molar-refractivity contribution in [1.29, 1.82) is 0 Å². The summed E-state index contributed by atoms with van der Waals surface area (Å²) in [5.74, 6) is 0. The maximum absolute atomic E-state index is 9.16. The van der Waals surface area contributed by atoms with Crippen LogP contribution in [0.1, 0.15) is 24.6 Å². The van der Waals surface area contributed by atoms with E-state index in [4.69, 9.17) is 5.11 Å². The van der Waals surface area contributed by atoms with Crippen molar-refractivity contribution in [1.82, 2.24) is 4.98 Å². The van der Waals surface area contributed by atoms with Gasteiger partial charge >= 0.3 is 0 Å². The Morgan fingerprint density at radius 3 is 2.79 bits per heavy atom. The van der Waals surface area contributed by atoms with Gasteiger partial charge in [0, 0.05) is 36.7 Å². The van der Waals surface area contributed by atoms with Crippen LogP contribution in [0.5, 0.6) is 0 Å². The van der Waals surface area contributed by atoms with Crippen LogP contribution in [0, 0.1) is 6.92 Å². The lowest BCUT2D eigenvalue weighted by Crippen LogP contribution is -2.19. The Morgan fingerprint density at radius 1 is 1.50 bits per heavy atom. The molecule has 0 aliphatic heterocycles. The molecule has 0 radical (unpaired) electrons. The number of hydrogen-bond donors (Lipinski definition) is 1. The minimum Gasteiger partial charge on any atom is -0.392 e. The maximum Gasteiger partial charge on any atom is 0.0717 e. The lowest BCUT2D eigenvalue weighted by Gasteiger charge is -2.21. The molecule has 0 amide bonds. The van der Waals surface area contributed by atoms with Gasteiger partial charge in [-0.25, -0.2) is 0 Å². The second-order valence-corrected chi connectivity index (χ2v) is 3.53. The summed E-state index contributed by atoms with van der Waals surface area (Å²) in [5.41, 5.74) is 2.97. The van der Waals surface area contributed by atoms with E-state index in [1.54, 1.807) is 6.20 Å². The lowest BCUT2D eigenvalue weighted by atomic mass is 10.2. The number of anilines is 1. The minimum atomic E-state index is 0.0522. The van der Waals surface area contributed by atoms with E-state index in [1.807, 2.05) is 20.0 Å². The fraction of sp³-hybridized carbons (Fsp3) is 0.545. The Hall–Kier alpha value is -1.09. The first-order valence-corrected chi connectivity index (χ1v) is 4.96. The van der Waals surface area contributed by atoms with E-state index in [-0.39, 0.29) is 6.61 Å². The zero-order valence-electron chi connectivity index (χ0n) is 9.12. The Labute approximate surface area is 85.4 Å².